The number of methoxy groups -OCH3 is 2. The quantitative estimate of drug-likeness (QED) is 0.306. The van der Waals surface area contributed by atoms with Crippen LogP contribution in [0.1, 0.15) is 41.8 Å². The van der Waals surface area contributed by atoms with Crippen molar-refractivity contribution in [3.05, 3.63) is 128 Å². The molecule has 4 aromatic rings. The third-order valence-corrected chi connectivity index (χ3v) is 7.63. The second-order valence-electron chi connectivity index (χ2n) is 10.1. The molecule has 1 fully saturated rings. The van der Waals surface area contributed by atoms with Crippen LogP contribution < -0.4 is 20.7 Å². The van der Waals surface area contributed by atoms with Gasteiger partial charge in [0.15, 0.2) is 0 Å². The molecule has 208 valence electrons. The number of H-pyrrole nitrogens is 1. The summed E-state index contributed by atoms with van der Waals surface area (Å²) in [6, 6.07) is 25.8. The highest BCUT2D eigenvalue weighted by Gasteiger charge is 2.41. The van der Waals surface area contributed by atoms with E-state index in [0.717, 1.165) is 28.2 Å². The van der Waals surface area contributed by atoms with Crippen molar-refractivity contribution >= 4 is 0 Å². The number of nitrogens with zero attached hydrogens (tertiary/aromatic N) is 1. The van der Waals surface area contributed by atoms with Crippen LogP contribution in [0.3, 0.4) is 0 Å². The van der Waals surface area contributed by atoms with Gasteiger partial charge in [-0.3, -0.25) is 14.3 Å². The maximum Gasteiger partial charge on any atom is 0.330 e. The fraction of sp³-hybridized carbons (Fsp3) is 0.312. The van der Waals surface area contributed by atoms with E-state index in [2.05, 4.69) is 24.0 Å². The largest absolute Gasteiger partial charge is 0.497 e. The zero-order valence-electron chi connectivity index (χ0n) is 23.1. The number of nitrogens with one attached hydrogen (secondary N) is 1. The molecule has 40 heavy (non-hydrogen) atoms. The molecule has 0 aliphatic carbocycles. The van der Waals surface area contributed by atoms with Gasteiger partial charge in [0.25, 0.3) is 5.56 Å². The van der Waals surface area contributed by atoms with Crippen LogP contribution in [0.25, 0.3) is 0 Å². The topological polar surface area (TPSA) is 91.8 Å². The first-order chi connectivity index (χ1) is 19.3. The number of ether oxygens (including phenoxy) is 4. The third-order valence-electron chi connectivity index (χ3n) is 7.63. The highest BCUT2D eigenvalue weighted by Crippen LogP contribution is 2.43. The van der Waals surface area contributed by atoms with Gasteiger partial charge in [-0.2, -0.15) is 0 Å². The van der Waals surface area contributed by atoms with Gasteiger partial charge in [0.05, 0.1) is 26.9 Å². The number of rotatable bonds is 9. The fourth-order valence-electron chi connectivity index (χ4n) is 5.33. The van der Waals surface area contributed by atoms with E-state index >= 15 is 0 Å². The Hall–Kier alpha value is -4.14. The van der Waals surface area contributed by atoms with Crippen LogP contribution in [-0.2, 0) is 15.1 Å². The maximum atomic E-state index is 12.5. The summed E-state index contributed by atoms with van der Waals surface area (Å²) < 4.78 is 25.7. The van der Waals surface area contributed by atoms with Crippen LogP contribution in [0.4, 0.5) is 0 Å². The Morgan fingerprint density at radius 1 is 0.875 bits per heavy atom. The number of hydrogen-bond donors (Lipinski definition) is 1. The summed E-state index contributed by atoms with van der Waals surface area (Å²) in [4.78, 5) is 26.8. The van der Waals surface area contributed by atoms with Gasteiger partial charge in [0.1, 0.15) is 23.3 Å². The van der Waals surface area contributed by atoms with E-state index in [1.54, 1.807) is 27.3 Å². The lowest BCUT2D eigenvalue weighted by Gasteiger charge is -2.37. The van der Waals surface area contributed by atoms with Crippen molar-refractivity contribution in [1.29, 1.82) is 0 Å². The van der Waals surface area contributed by atoms with Crippen molar-refractivity contribution < 1.29 is 18.9 Å². The van der Waals surface area contributed by atoms with Crippen molar-refractivity contribution in [2.75, 3.05) is 20.8 Å². The summed E-state index contributed by atoms with van der Waals surface area (Å²) in [6.45, 7) is 4.02. The standard InChI is InChI=1S/C32H34N2O6/c1-21-18-29(34-19-22(2)30(35)33-31(34)36)40-28(21)20-39-32(23-8-6-5-7-9-23,24-10-14-26(37-3)15-11-24)25-12-16-27(38-4)17-13-25/h5-17,19,21,28-29H,18,20H2,1-4H3,(H,33,35,36)/t21-,28-,29+/m0/s1. The molecule has 0 spiro atoms. The molecule has 1 saturated heterocycles. The fourth-order valence-corrected chi connectivity index (χ4v) is 5.33. The molecule has 1 aromatic heterocycles. The molecule has 3 aromatic carbocycles. The van der Waals surface area contributed by atoms with Crippen LogP contribution in [0.5, 0.6) is 11.5 Å². The summed E-state index contributed by atoms with van der Waals surface area (Å²) in [5, 5.41) is 0. The predicted octanol–water partition coefficient (Wildman–Crippen LogP) is 4.79. The lowest BCUT2D eigenvalue weighted by atomic mass is 9.80. The van der Waals surface area contributed by atoms with Crippen LogP contribution in [0.15, 0.2) is 94.6 Å². The Bertz CT molecular complexity index is 1500. The Kier molecular flexibility index (Phi) is 7.91. The van der Waals surface area contributed by atoms with Crippen molar-refractivity contribution in [3.8, 4) is 11.5 Å². The number of hydrogen-bond acceptors (Lipinski definition) is 6. The Morgan fingerprint density at radius 3 is 1.98 bits per heavy atom. The van der Waals surface area contributed by atoms with E-state index in [4.69, 9.17) is 18.9 Å². The van der Waals surface area contributed by atoms with Crippen molar-refractivity contribution in [1.82, 2.24) is 9.55 Å². The Labute approximate surface area is 233 Å². The highest BCUT2D eigenvalue weighted by atomic mass is 16.6. The van der Waals surface area contributed by atoms with Crippen molar-refractivity contribution in [2.24, 2.45) is 5.92 Å². The summed E-state index contributed by atoms with van der Waals surface area (Å²) in [7, 11) is 3.29. The molecule has 1 aliphatic rings. The van der Waals surface area contributed by atoms with E-state index in [0.29, 0.717) is 12.0 Å². The van der Waals surface area contributed by atoms with E-state index in [-0.39, 0.29) is 24.2 Å². The lowest BCUT2D eigenvalue weighted by Crippen LogP contribution is -2.37. The van der Waals surface area contributed by atoms with Crippen LogP contribution in [0.2, 0.25) is 0 Å². The monoisotopic (exact) mass is 542 g/mol. The molecule has 2 heterocycles. The molecule has 1 N–H and O–H groups in total. The zero-order chi connectivity index (χ0) is 28.3. The van der Waals surface area contributed by atoms with Gasteiger partial charge in [-0.1, -0.05) is 61.5 Å². The van der Waals surface area contributed by atoms with Gasteiger partial charge in [0.2, 0.25) is 0 Å². The summed E-state index contributed by atoms with van der Waals surface area (Å²) >= 11 is 0. The van der Waals surface area contributed by atoms with Crippen LogP contribution >= 0.6 is 0 Å². The molecular weight excluding hydrogens is 508 g/mol. The minimum absolute atomic E-state index is 0.101. The molecule has 5 rings (SSSR count). The van der Waals surface area contributed by atoms with Gasteiger partial charge in [-0.25, -0.2) is 4.79 Å². The van der Waals surface area contributed by atoms with E-state index < -0.39 is 17.5 Å². The molecule has 0 amide bonds. The molecule has 0 saturated carbocycles. The van der Waals surface area contributed by atoms with Gasteiger partial charge in [-0.05, 0) is 60.2 Å². The normalized spacial score (nSPS) is 18.9. The SMILES string of the molecule is COc1ccc(C(OC[C@@H]2O[C@@H](n3cc(C)c(=O)[nH]c3=O)C[C@@H]2C)(c2ccccc2)c2ccc(OC)cc2)cc1. The molecule has 0 radical (unpaired) electrons. The maximum absolute atomic E-state index is 12.5. The summed E-state index contributed by atoms with van der Waals surface area (Å²) in [6.07, 6.45) is 1.39. The lowest BCUT2D eigenvalue weighted by molar-refractivity contribution is -0.0837. The first kappa shape index (κ1) is 27.4. The molecule has 3 atom stereocenters. The smallest absolute Gasteiger partial charge is 0.330 e. The molecule has 8 heteroatoms. The van der Waals surface area contributed by atoms with Crippen LogP contribution in [0, 0.1) is 12.8 Å². The molecular formula is C32H34N2O6. The van der Waals surface area contributed by atoms with Crippen molar-refractivity contribution in [2.45, 2.75) is 38.2 Å². The zero-order valence-corrected chi connectivity index (χ0v) is 23.1. The van der Waals surface area contributed by atoms with Crippen LogP contribution in [-0.4, -0.2) is 36.5 Å². The first-order valence-electron chi connectivity index (χ1n) is 13.3. The number of aryl methyl sites for hydroxylation is 1. The van der Waals surface area contributed by atoms with E-state index in [9.17, 15) is 9.59 Å². The second-order valence-corrected chi connectivity index (χ2v) is 10.1. The van der Waals surface area contributed by atoms with E-state index in [1.807, 2.05) is 66.7 Å². The first-order valence-corrected chi connectivity index (χ1v) is 13.3. The third kappa shape index (κ3) is 5.20. The van der Waals surface area contributed by atoms with Gasteiger partial charge < -0.3 is 18.9 Å². The number of aromatic nitrogens is 2. The van der Waals surface area contributed by atoms with Gasteiger partial charge >= 0.3 is 5.69 Å². The average molecular weight is 543 g/mol. The highest BCUT2D eigenvalue weighted by molar-refractivity contribution is 5.49. The van der Waals surface area contributed by atoms with Crippen molar-refractivity contribution in [3.63, 3.8) is 0 Å². The van der Waals surface area contributed by atoms with E-state index in [1.165, 1.54) is 4.57 Å². The summed E-state index contributed by atoms with van der Waals surface area (Å²) in [5.74, 6) is 1.60. The molecule has 1 aliphatic heterocycles. The number of benzene rings is 3. The molecule has 8 nitrogen and oxygen atoms in total. The average Bonchev–Trinajstić information content (AvgIpc) is 3.36. The number of aromatic amines is 1. The predicted molar refractivity (Wildman–Crippen MR) is 152 cm³/mol. The minimum Gasteiger partial charge on any atom is -0.497 e. The molecule has 0 bridgehead atoms. The second kappa shape index (κ2) is 11.5. The van der Waals surface area contributed by atoms with Gasteiger partial charge in [0, 0.05) is 11.8 Å². The Balaban J connectivity index is 1.54. The minimum atomic E-state index is -0.966. The Morgan fingerprint density at radius 2 is 1.43 bits per heavy atom. The summed E-state index contributed by atoms with van der Waals surface area (Å²) in [5.41, 5.74) is 1.44. The van der Waals surface area contributed by atoms with Gasteiger partial charge in [-0.15, -0.1) is 0 Å². The molecule has 0 unspecified atom stereocenters.